The fraction of sp³-hybridized carbons (Fsp3) is 0.222. The van der Waals surface area contributed by atoms with Crippen LogP contribution in [0.3, 0.4) is 0 Å². The number of ether oxygens (including phenoxy) is 1. The Kier molecular flexibility index (Phi) is 1.90. The molecule has 0 amide bonds. The SMILES string of the molecule is COc1cnc2[nH]cc(CN)c2c1. The first-order chi connectivity index (χ1) is 6.35. The van der Waals surface area contributed by atoms with E-state index in [1.165, 1.54) is 0 Å². The molecule has 0 atom stereocenters. The van der Waals surface area contributed by atoms with Crippen LogP contribution in [0.5, 0.6) is 5.75 Å². The number of pyridine rings is 1. The molecule has 13 heavy (non-hydrogen) atoms. The third-order valence-electron chi connectivity index (χ3n) is 2.05. The molecule has 2 heterocycles. The minimum Gasteiger partial charge on any atom is -0.495 e. The molecule has 0 aliphatic rings. The van der Waals surface area contributed by atoms with Gasteiger partial charge in [-0.05, 0) is 11.6 Å². The highest BCUT2D eigenvalue weighted by molar-refractivity contribution is 5.80. The zero-order chi connectivity index (χ0) is 9.26. The largest absolute Gasteiger partial charge is 0.495 e. The lowest BCUT2D eigenvalue weighted by atomic mass is 10.2. The zero-order valence-corrected chi connectivity index (χ0v) is 7.37. The van der Waals surface area contributed by atoms with E-state index in [0.29, 0.717) is 6.54 Å². The zero-order valence-electron chi connectivity index (χ0n) is 7.37. The fourth-order valence-electron chi connectivity index (χ4n) is 1.32. The van der Waals surface area contributed by atoms with E-state index >= 15 is 0 Å². The maximum Gasteiger partial charge on any atom is 0.137 e. The molecule has 0 aromatic carbocycles. The van der Waals surface area contributed by atoms with Crippen LogP contribution in [0.15, 0.2) is 18.5 Å². The Balaban J connectivity index is 2.64. The van der Waals surface area contributed by atoms with Gasteiger partial charge in [0.25, 0.3) is 0 Å². The van der Waals surface area contributed by atoms with E-state index < -0.39 is 0 Å². The van der Waals surface area contributed by atoms with Gasteiger partial charge in [-0.2, -0.15) is 0 Å². The van der Waals surface area contributed by atoms with Crippen LogP contribution in [0, 0.1) is 0 Å². The Morgan fingerprint density at radius 2 is 2.46 bits per heavy atom. The number of nitrogens with two attached hydrogens (primary N) is 1. The van der Waals surface area contributed by atoms with Gasteiger partial charge < -0.3 is 15.5 Å². The summed E-state index contributed by atoms with van der Waals surface area (Å²) in [6.45, 7) is 0.509. The number of H-pyrrole nitrogens is 1. The fourth-order valence-corrected chi connectivity index (χ4v) is 1.32. The van der Waals surface area contributed by atoms with Gasteiger partial charge >= 0.3 is 0 Å². The van der Waals surface area contributed by atoms with E-state index in [9.17, 15) is 0 Å². The first kappa shape index (κ1) is 8.07. The lowest BCUT2D eigenvalue weighted by Crippen LogP contribution is -1.94. The molecule has 68 valence electrons. The van der Waals surface area contributed by atoms with Crippen molar-refractivity contribution in [3.63, 3.8) is 0 Å². The van der Waals surface area contributed by atoms with Crippen LogP contribution < -0.4 is 10.5 Å². The number of aromatic nitrogens is 2. The highest BCUT2D eigenvalue weighted by Gasteiger charge is 2.03. The van der Waals surface area contributed by atoms with Crippen molar-refractivity contribution in [2.75, 3.05) is 7.11 Å². The molecule has 0 aliphatic carbocycles. The molecule has 0 fully saturated rings. The number of hydrogen-bond acceptors (Lipinski definition) is 3. The monoisotopic (exact) mass is 177 g/mol. The number of fused-ring (bicyclic) bond motifs is 1. The minimum absolute atomic E-state index is 0.509. The van der Waals surface area contributed by atoms with Crippen molar-refractivity contribution >= 4 is 11.0 Å². The molecule has 3 N–H and O–H groups in total. The van der Waals surface area contributed by atoms with Gasteiger partial charge in [0.2, 0.25) is 0 Å². The summed E-state index contributed by atoms with van der Waals surface area (Å²) in [5.41, 5.74) is 7.47. The minimum atomic E-state index is 0.509. The molecular formula is C9H11N3O. The second-order valence-electron chi connectivity index (χ2n) is 2.79. The Bertz CT molecular complexity index is 422. The number of methoxy groups -OCH3 is 1. The summed E-state index contributed by atoms with van der Waals surface area (Å²) in [5, 5.41) is 1.03. The molecule has 0 saturated heterocycles. The third kappa shape index (κ3) is 1.25. The average molecular weight is 177 g/mol. The van der Waals surface area contributed by atoms with Crippen LogP contribution in [0.2, 0.25) is 0 Å². The summed E-state index contributed by atoms with van der Waals surface area (Å²) in [6.07, 6.45) is 3.55. The maximum atomic E-state index is 5.56. The van der Waals surface area contributed by atoms with Gasteiger partial charge in [-0.1, -0.05) is 0 Å². The molecule has 0 unspecified atom stereocenters. The lowest BCUT2D eigenvalue weighted by molar-refractivity contribution is 0.413. The van der Waals surface area contributed by atoms with Crippen LogP contribution in [-0.4, -0.2) is 17.1 Å². The van der Waals surface area contributed by atoms with E-state index in [1.54, 1.807) is 13.3 Å². The second kappa shape index (κ2) is 3.06. The molecule has 2 aromatic heterocycles. The van der Waals surface area contributed by atoms with Crippen molar-refractivity contribution in [3.8, 4) is 5.75 Å². The lowest BCUT2D eigenvalue weighted by Gasteiger charge is -1.98. The van der Waals surface area contributed by atoms with Crippen LogP contribution in [0.4, 0.5) is 0 Å². The van der Waals surface area contributed by atoms with Gasteiger partial charge in [-0.15, -0.1) is 0 Å². The van der Waals surface area contributed by atoms with Crippen LogP contribution >= 0.6 is 0 Å². The normalized spacial score (nSPS) is 10.6. The quantitative estimate of drug-likeness (QED) is 0.720. The van der Waals surface area contributed by atoms with Crippen molar-refractivity contribution in [2.45, 2.75) is 6.54 Å². The molecule has 4 heteroatoms. The smallest absolute Gasteiger partial charge is 0.137 e. The van der Waals surface area contributed by atoms with Gasteiger partial charge in [-0.25, -0.2) is 4.98 Å². The van der Waals surface area contributed by atoms with Crippen molar-refractivity contribution < 1.29 is 4.74 Å². The van der Waals surface area contributed by atoms with E-state index in [4.69, 9.17) is 10.5 Å². The van der Waals surface area contributed by atoms with Crippen LogP contribution in [0.1, 0.15) is 5.56 Å². The summed E-state index contributed by atoms with van der Waals surface area (Å²) < 4.78 is 5.07. The molecule has 2 aromatic rings. The summed E-state index contributed by atoms with van der Waals surface area (Å²) >= 11 is 0. The summed E-state index contributed by atoms with van der Waals surface area (Å²) in [6, 6.07) is 1.93. The van der Waals surface area contributed by atoms with E-state index in [-0.39, 0.29) is 0 Å². The molecule has 0 spiro atoms. The second-order valence-corrected chi connectivity index (χ2v) is 2.79. The first-order valence-corrected chi connectivity index (χ1v) is 4.05. The van der Waals surface area contributed by atoms with E-state index in [1.807, 2.05) is 12.3 Å². The van der Waals surface area contributed by atoms with Crippen LogP contribution in [-0.2, 0) is 6.54 Å². The molecule has 4 nitrogen and oxygen atoms in total. The van der Waals surface area contributed by atoms with Gasteiger partial charge in [0.1, 0.15) is 11.4 Å². The van der Waals surface area contributed by atoms with Crippen molar-refractivity contribution in [1.82, 2.24) is 9.97 Å². The Hall–Kier alpha value is -1.55. The van der Waals surface area contributed by atoms with Gasteiger partial charge in [0.05, 0.1) is 13.3 Å². The number of aromatic amines is 1. The molecule has 0 bridgehead atoms. The van der Waals surface area contributed by atoms with E-state index in [0.717, 1.165) is 22.3 Å². The predicted octanol–water partition coefficient (Wildman–Crippen LogP) is 1.03. The standard InChI is InChI=1S/C9H11N3O/c1-13-7-2-8-6(3-10)4-11-9(8)12-5-7/h2,4-5H,3,10H2,1H3,(H,11,12). The molecule has 0 radical (unpaired) electrons. The summed E-state index contributed by atoms with van der Waals surface area (Å²) in [5.74, 6) is 0.752. The number of nitrogens with zero attached hydrogens (tertiary/aromatic N) is 1. The average Bonchev–Trinajstić information content (AvgIpc) is 2.59. The van der Waals surface area contributed by atoms with Crippen molar-refractivity contribution in [1.29, 1.82) is 0 Å². The number of rotatable bonds is 2. The van der Waals surface area contributed by atoms with Gasteiger partial charge in [0, 0.05) is 18.1 Å². The molecule has 0 saturated carbocycles. The maximum absolute atomic E-state index is 5.56. The van der Waals surface area contributed by atoms with E-state index in [2.05, 4.69) is 9.97 Å². The first-order valence-electron chi connectivity index (χ1n) is 4.05. The molecular weight excluding hydrogens is 166 g/mol. The Morgan fingerprint density at radius 3 is 3.15 bits per heavy atom. The summed E-state index contributed by atoms with van der Waals surface area (Å²) in [7, 11) is 1.62. The number of hydrogen-bond donors (Lipinski definition) is 2. The van der Waals surface area contributed by atoms with Gasteiger partial charge in [0.15, 0.2) is 0 Å². The highest BCUT2D eigenvalue weighted by Crippen LogP contribution is 2.20. The topological polar surface area (TPSA) is 63.9 Å². The van der Waals surface area contributed by atoms with Gasteiger partial charge in [-0.3, -0.25) is 0 Å². The predicted molar refractivity (Wildman–Crippen MR) is 50.5 cm³/mol. The molecule has 2 rings (SSSR count). The number of nitrogens with one attached hydrogen (secondary N) is 1. The Morgan fingerprint density at radius 1 is 1.62 bits per heavy atom. The third-order valence-corrected chi connectivity index (χ3v) is 2.05. The Labute approximate surface area is 75.7 Å². The van der Waals surface area contributed by atoms with Crippen molar-refractivity contribution in [3.05, 3.63) is 24.0 Å². The molecule has 0 aliphatic heterocycles. The van der Waals surface area contributed by atoms with Crippen LogP contribution in [0.25, 0.3) is 11.0 Å². The van der Waals surface area contributed by atoms with Crippen molar-refractivity contribution in [2.24, 2.45) is 5.73 Å². The summed E-state index contributed by atoms with van der Waals surface area (Å²) in [4.78, 5) is 7.23. The highest BCUT2D eigenvalue weighted by atomic mass is 16.5.